The van der Waals surface area contributed by atoms with Crippen LogP contribution in [0, 0.1) is 0 Å². The van der Waals surface area contributed by atoms with E-state index in [1.165, 1.54) is 11.8 Å². The molecule has 0 saturated carbocycles. The van der Waals surface area contributed by atoms with E-state index in [-0.39, 0.29) is 17.6 Å². The van der Waals surface area contributed by atoms with E-state index in [0.29, 0.717) is 18.9 Å². The molecule has 0 aliphatic carbocycles. The minimum Gasteiger partial charge on any atom is -0.494 e. The van der Waals surface area contributed by atoms with E-state index < -0.39 is 0 Å². The van der Waals surface area contributed by atoms with Crippen LogP contribution in [0.1, 0.15) is 48.7 Å². The molecule has 2 aromatic rings. The lowest BCUT2D eigenvalue weighted by molar-refractivity contribution is -0.0765. The summed E-state index contributed by atoms with van der Waals surface area (Å²) in [5, 5.41) is 2.93. The number of carbonyl (C=O) groups is 1. The topological polar surface area (TPSA) is 63.9 Å². The third-order valence-electron chi connectivity index (χ3n) is 6.01. The van der Waals surface area contributed by atoms with Gasteiger partial charge in [0.05, 0.1) is 24.6 Å². The highest BCUT2D eigenvalue weighted by Crippen LogP contribution is 2.39. The maximum atomic E-state index is 12.0. The van der Waals surface area contributed by atoms with Crippen LogP contribution in [-0.2, 0) is 11.3 Å². The Hall–Kier alpha value is -2.31. The third-order valence-corrected chi connectivity index (χ3v) is 6.01. The molecule has 1 aromatic carbocycles. The lowest BCUT2D eigenvalue weighted by Gasteiger charge is -2.39. The Morgan fingerprint density at radius 1 is 1.21 bits per heavy atom. The first-order valence-corrected chi connectivity index (χ1v) is 10.6. The highest BCUT2D eigenvalue weighted by molar-refractivity contribution is 5.91. The van der Waals surface area contributed by atoms with Gasteiger partial charge in [-0.15, -0.1) is 0 Å². The minimum absolute atomic E-state index is 0.0317. The molecule has 156 valence electrons. The van der Waals surface area contributed by atoms with Crippen LogP contribution in [0.5, 0.6) is 5.75 Å². The van der Waals surface area contributed by atoms with Crippen LogP contribution in [0.15, 0.2) is 47.1 Å². The van der Waals surface area contributed by atoms with Crippen molar-refractivity contribution < 1.29 is 18.7 Å². The van der Waals surface area contributed by atoms with Crippen molar-refractivity contribution in [3.8, 4) is 5.75 Å². The van der Waals surface area contributed by atoms with E-state index >= 15 is 0 Å². The van der Waals surface area contributed by atoms with Gasteiger partial charge in [0.15, 0.2) is 5.76 Å². The van der Waals surface area contributed by atoms with Crippen LogP contribution >= 0.6 is 0 Å². The molecule has 2 aliphatic rings. The fourth-order valence-electron chi connectivity index (χ4n) is 4.40. The molecule has 0 radical (unpaired) electrons. The predicted molar refractivity (Wildman–Crippen MR) is 110 cm³/mol. The fourth-order valence-corrected chi connectivity index (χ4v) is 4.40. The molecule has 0 bridgehead atoms. The van der Waals surface area contributed by atoms with Gasteiger partial charge in [0.1, 0.15) is 5.75 Å². The van der Waals surface area contributed by atoms with E-state index in [9.17, 15) is 4.79 Å². The van der Waals surface area contributed by atoms with Crippen LogP contribution in [0.25, 0.3) is 0 Å². The van der Waals surface area contributed by atoms with Crippen molar-refractivity contribution in [1.82, 2.24) is 10.2 Å². The van der Waals surface area contributed by atoms with Crippen molar-refractivity contribution in [2.24, 2.45) is 0 Å². The van der Waals surface area contributed by atoms with Crippen LogP contribution in [0.3, 0.4) is 0 Å². The van der Waals surface area contributed by atoms with Gasteiger partial charge in [-0.05, 0) is 50.8 Å². The van der Waals surface area contributed by atoms with Gasteiger partial charge in [0, 0.05) is 31.7 Å². The number of carbonyl (C=O) groups excluding carboxylic acids is 1. The third kappa shape index (κ3) is 4.82. The summed E-state index contributed by atoms with van der Waals surface area (Å²) in [6, 6.07) is 11.7. The second-order valence-corrected chi connectivity index (χ2v) is 7.97. The lowest BCUT2D eigenvalue weighted by Crippen LogP contribution is -2.44. The Morgan fingerprint density at radius 3 is 2.79 bits per heavy atom. The molecule has 1 N–H and O–H groups in total. The van der Waals surface area contributed by atoms with E-state index in [0.717, 1.165) is 51.1 Å². The van der Waals surface area contributed by atoms with Gasteiger partial charge in [0.25, 0.3) is 5.91 Å². The molecule has 1 amide bonds. The van der Waals surface area contributed by atoms with E-state index in [2.05, 4.69) is 22.3 Å². The normalized spacial score (nSPS) is 21.3. The van der Waals surface area contributed by atoms with Crippen molar-refractivity contribution in [3.05, 3.63) is 54.0 Å². The average Bonchev–Trinajstić information content (AvgIpc) is 3.41. The number of ether oxygens (including phenoxy) is 2. The number of para-hydroxylation sites is 1. The number of hydrogen-bond donors (Lipinski definition) is 1. The number of rotatable bonds is 7. The van der Waals surface area contributed by atoms with E-state index in [1.807, 2.05) is 19.1 Å². The smallest absolute Gasteiger partial charge is 0.287 e. The molecule has 6 nitrogen and oxygen atoms in total. The number of nitrogens with zero attached hydrogens (tertiary/aromatic N) is 1. The highest BCUT2D eigenvalue weighted by Gasteiger charge is 2.42. The average molecular weight is 399 g/mol. The molecule has 2 aliphatic heterocycles. The van der Waals surface area contributed by atoms with Crippen molar-refractivity contribution >= 4 is 5.91 Å². The van der Waals surface area contributed by atoms with Crippen LogP contribution < -0.4 is 10.1 Å². The van der Waals surface area contributed by atoms with Crippen LogP contribution in [0.2, 0.25) is 0 Å². The summed E-state index contributed by atoms with van der Waals surface area (Å²) >= 11 is 0. The molecule has 2 saturated heterocycles. The first kappa shape index (κ1) is 20.0. The second kappa shape index (κ2) is 9.01. The Bertz CT molecular complexity index is 797. The predicted octanol–water partition coefficient (Wildman–Crippen LogP) is 3.62. The summed E-state index contributed by atoms with van der Waals surface area (Å²) in [4.78, 5) is 14.5. The molecule has 3 heterocycles. The molecule has 1 atom stereocenters. The summed E-state index contributed by atoms with van der Waals surface area (Å²) in [6.07, 6.45) is 5.72. The molecule has 1 spiro atoms. The van der Waals surface area contributed by atoms with E-state index in [1.54, 1.807) is 12.1 Å². The fraction of sp³-hybridized carbons (Fsp3) is 0.522. The van der Waals surface area contributed by atoms with Gasteiger partial charge in [-0.25, -0.2) is 0 Å². The molecule has 1 unspecified atom stereocenters. The van der Waals surface area contributed by atoms with Gasteiger partial charge < -0.3 is 19.2 Å². The quantitative estimate of drug-likeness (QED) is 0.772. The van der Waals surface area contributed by atoms with Gasteiger partial charge in [0.2, 0.25) is 0 Å². The van der Waals surface area contributed by atoms with Crippen molar-refractivity contribution in [3.63, 3.8) is 0 Å². The monoisotopic (exact) mass is 398 g/mol. The van der Waals surface area contributed by atoms with Crippen molar-refractivity contribution in [2.45, 2.75) is 50.9 Å². The van der Waals surface area contributed by atoms with Gasteiger partial charge in [-0.3, -0.25) is 9.69 Å². The zero-order valence-corrected chi connectivity index (χ0v) is 17.1. The molecule has 29 heavy (non-hydrogen) atoms. The Labute approximate surface area is 172 Å². The second-order valence-electron chi connectivity index (χ2n) is 7.97. The Kier molecular flexibility index (Phi) is 6.21. The summed E-state index contributed by atoms with van der Waals surface area (Å²) in [5.41, 5.74) is 1.21. The minimum atomic E-state index is -0.178. The molecule has 1 aromatic heterocycles. The number of likely N-dealkylation sites (tertiary alicyclic amines) is 1. The van der Waals surface area contributed by atoms with Crippen LogP contribution in [-0.4, -0.2) is 48.8 Å². The maximum absolute atomic E-state index is 12.0. The highest BCUT2D eigenvalue weighted by atomic mass is 16.5. The first-order valence-electron chi connectivity index (χ1n) is 10.6. The van der Waals surface area contributed by atoms with Crippen molar-refractivity contribution in [1.29, 1.82) is 0 Å². The maximum Gasteiger partial charge on any atom is 0.287 e. The summed E-state index contributed by atoms with van der Waals surface area (Å²) in [6.45, 7) is 6.19. The number of piperidine rings is 1. The molecular formula is C23H30N2O4. The zero-order chi connectivity index (χ0) is 20.1. The number of benzene rings is 1. The number of nitrogens with one attached hydrogen (secondary N) is 1. The molecule has 2 fully saturated rings. The van der Waals surface area contributed by atoms with E-state index in [4.69, 9.17) is 13.9 Å². The summed E-state index contributed by atoms with van der Waals surface area (Å²) in [7, 11) is 0. The van der Waals surface area contributed by atoms with Crippen LogP contribution in [0.4, 0.5) is 0 Å². The summed E-state index contributed by atoms with van der Waals surface area (Å²) in [5.74, 6) is 1.15. The molecule has 4 rings (SSSR count). The standard InChI is InChI=1S/C23H30N2O4/c1-2-27-20-7-4-3-6-18(20)17-25-13-11-23(12-14-25)10-9-19(29-23)16-24-22(26)21-8-5-15-28-21/h3-8,15,19H,2,9-14,16-17H2,1H3,(H,24,26). The van der Waals surface area contributed by atoms with Crippen molar-refractivity contribution in [2.75, 3.05) is 26.2 Å². The summed E-state index contributed by atoms with van der Waals surface area (Å²) < 4.78 is 17.3. The number of furan rings is 1. The molecular weight excluding hydrogens is 368 g/mol. The van der Waals surface area contributed by atoms with Gasteiger partial charge >= 0.3 is 0 Å². The Balaban J connectivity index is 1.25. The Morgan fingerprint density at radius 2 is 2.03 bits per heavy atom. The zero-order valence-electron chi connectivity index (χ0n) is 17.1. The van der Waals surface area contributed by atoms with Gasteiger partial charge in [-0.1, -0.05) is 18.2 Å². The number of amides is 1. The number of hydrogen-bond acceptors (Lipinski definition) is 5. The largest absolute Gasteiger partial charge is 0.494 e. The van der Waals surface area contributed by atoms with Gasteiger partial charge in [-0.2, -0.15) is 0 Å². The lowest BCUT2D eigenvalue weighted by atomic mass is 9.88. The molecule has 6 heteroatoms. The first-order chi connectivity index (χ1) is 14.2. The SMILES string of the molecule is CCOc1ccccc1CN1CCC2(CCC(CNC(=O)c3ccco3)O2)CC1.